The first kappa shape index (κ1) is 15.5. The summed E-state index contributed by atoms with van der Waals surface area (Å²) in [5, 5.41) is 9.34. The average Bonchev–Trinajstić information content (AvgIpc) is 3.26. The highest BCUT2D eigenvalue weighted by Gasteiger charge is 2.22. The molecule has 0 spiro atoms. The van der Waals surface area contributed by atoms with Crippen molar-refractivity contribution >= 4 is 17.5 Å². The molecule has 0 unspecified atom stereocenters. The Labute approximate surface area is 126 Å². The summed E-state index contributed by atoms with van der Waals surface area (Å²) in [4.78, 5) is 20.7. The number of aromatic nitrogens is 2. The van der Waals surface area contributed by atoms with E-state index in [1.165, 1.54) is 0 Å². The molecule has 1 amide bonds. The molecule has 1 heterocycles. The maximum atomic E-state index is 11.7. The van der Waals surface area contributed by atoms with E-state index in [1.807, 2.05) is 14.0 Å². The van der Waals surface area contributed by atoms with Crippen LogP contribution in [0.4, 0.5) is 11.6 Å². The number of nitrogens with one attached hydrogen (secondary N) is 3. The molecule has 0 atom stereocenters. The molecule has 1 aromatic rings. The fourth-order valence-electron chi connectivity index (χ4n) is 2.14. The van der Waals surface area contributed by atoms with Crippen LogP contribution in [0.5, 0.6) is 0 Å². The summed E-state index contributed by atoms with van der Waals surface area (Å²) >= 11 is 0. The Kier molecular flexibility index (Phi) is 5.36. The molecule has 0 aliphatic heterocycles. The third-order valence-corrected chi connectivity index (χ3v) is 3.49. The van der Waals surface area contributed by atoms with Crippen molar-refractivity contribution in [1.82, 2.24) is 15.3 Å². The normalized spacial score (nSPS) is 13.9. The van der Waals surface area contributed by atoms with Crippen LogP contribution in [0.2, 0.25) is 0 Å². The Hall–Kier alpha value is -1.85. The second-order valence-electron chi connectivity index (χ2n) is 5.48. The number of hydrogen-bond acceptors (Lipinski definition) is 5. The number of rotatable bonds is 8. The molecule has 6 heteroatoms. The van der Waals surface area contributed by atoms with Gasteiger partial charge >= 0.3 is 0 Å². The average molecular weight is 291 g/mol. The maximum Gasteiger partial charge on any atom is 0.221 e. The molecule has 3 N–H and O–H groups in total. The van der Waals surface area contributed by atoms with Crippen LogP contribution in [-0.2, 0) is 11.2 Å². The van der Waals surface area contributed by atoms with Crippen LogP contribution < -0.4 is 16.0 Å². The fraction of sp³-hybridized carbons (Fsp3) is 0.667. The summed E-state index contributed by atoms with van der Waals surface area (Å²) in [6.45, 7) is 4.68. The van der Waals surface area contributed by atoms with Crippen molar-refractivity contribution in [2.45, 2.75) is 52.0 Å². The summed E-state index contributed by atoms with van der Waals surface area (Å²) in [6, 6.07) is 0.422. The van der Waals surface area contributed by atoms with E-state index >= 15 is 0 Å². The van der Waals surface area contributed by atoms with E-state index in [1.54, 1.807) is 0 Å². The summed E-state index contributed by atoms with van der Waals surface area (Å²) in [6.07, 6.45) is 4.57. The first-order chi connectivity index (χ1) is 10.1. The first-order valence-electron chi connectivity index (χ1n) is 7.72. The van der Waals surface area contributed by atoms with Gasteiger partial charge in [0.2, 0.25) is 5.91 Å². The monoisotopic (exact) mass is 291 g/mol. The van der Waals surface area contributed by atoms with Crippen LogP contribution in [0.25, 0.3) is 0 Å². The van der Waals surface area contributed by atoms with Crippen LogP contribution >= 0.6 is 0 Å². The SMILES string of the molecule is CCCc1nc(NC)c(C)c(NCCC(=O)NC2CC2)n1. The van der Waals surface area contributed by atoms with E-state index in [-0.39, 0.29) is 5.91 Å². The zero-order chi connectivity index (χ0) is 15.2. The van der Waals surface area contributed by atoms with E-state index in [0.29, 0.717) is 19.0 Å². The molecule has 1 saturated carbocycles. The van der Waals surface area contributed by atoms with Gasteiger partial charge in [-0.2, -0.15) is 0 Å². The lowest BCUT2D eigenvalue weighted by molar-refractivity contribution is -0.120. The predicted molar refractivity (Wildman–Crippen MR) is 84.6 cm³/mol. The van der Waals surface area contributed by atoms with Crippen molar-refractivity contribution in [3.05, 3.63) is 11.4 Å². The lowest BCUT2D eigenvalue weighted by atomic mass is 10.2. The summed E-state index contributed by atoms with van der Waals surface area (Å²) < 4.78 is 0. The standard InChI is InChI=1S/C15H25N5O/c1-4-5-12-19-14(16-3)10(2)15(20-12)17-9-8-13(21)18-11-6-7-11/h11H,4-9H2,1-3H3,(H,18,21)(H2,16,17,19,20). The van der Waals surface area contributed by atoms with Gasteiger partial charge in [-0.05, 0) is 26.2 Å². The number of carbonyl (C=O) groups is 1. The molecule has 21 heavy (non-hydrogen) atoms. The lowest BCUT2D eigenvalue weighted by Gasteiger charge is -2.13. The van der Waals surface area contributed by atoms with Crippen molar-refractivity contribution in [3.8, 4) is 0 Å². The number of amides is 1. The van der Waals surface area contributed by atoms with E-state index < -0.39 is 0 Å². The molecule has 0 radical (unpaired) electrons. The number of hydrogen-bond donors (Lipinski definition) is 3. The molecular formula is C15H25N5O. The Morgan fingerprint density at radius 2 is 2.00 bits per heavy atom. The molecule has 0 aromatic carbocycles. The third-order valence-electron chi connectivity index (χ3n) is 3.49. The topological polar surface area (TPSA) is 78.9 Å². The minimum Gasteiger partial charge on any atom is -0.373 e. The van der Waals surface area contributed by atoms with Gasteiger partial charge in [-0.3, -0.25) is 4.79 Å². The maximum absolute atomic E-state index is 11.7. The third kappa shape index (κ3) is 4.58. The minimum atomic E-state index is 0.110. The zero-order valence-electron chi connectivity index (χ0n) is 13.1. The van der Waals surface area contributed by atoms with Gasteiger partial charge in [0.15, 0.2) is 0 Å². The van der Waals surface area contributed by atoms with Crippen LogP contribution in [0.3, 0.4) is 0 Å². The van der Waals surface area contributed by atoms with E-state index in [9.17, 15) is 4.79 Å². The highest BCUT2D eigenvalue weighted by Crippen LogP contribution is 2.20. The van der Waals surface area contributed by atoms with Crippen molar-refractivity contribution in [1.29, 1.82) is 0 Å². The van der Waals surface area contributed by atoms with Crippen LogP contribution in [0.15, 0.2) is 0 Å². The molecular weight excluding hydrogens is 266 g/mol. The fourth-order valence-corrected chi connectivity index (χ4v) is 2.14. The highest BCUT2D eigenvalue weighted by atomic mass is 16.1. The summed E-state index contributed by atoms with van der Waals surface area (Å²) in [7, 11) is 1.86. The number of anilines is 2. The molecule has 6 nitrogen and oxygen atoms in total. The van der Waals surface area contributed by atoms with E-state index in [4.69, 9.17) is 0 Å². The van der Waals surface area contributed by atoms with Crippen molar-refractivity contribution in [3.63, 3.8) is 0 Å². The minimum absolute atomic E-state index is 0.110. The summed E-state index contributed by atoms with van der Waals surface area (Å²) in [5.41, 5.74) is 0.986. The Morgan fingerprint density at radius 3 is 2.62 bits per heavy atom. The molecule has 1 aliphatic rings. The smallest absolute Gasteiger partial charge is 0.221 e. The predicted octanol–water partition coefficient (Wildman–Crippen LogP) is 1.86. The van der Waals surface area contributed by atoms with Gasteiger partial charge in [-0.25, -0.2) is 9.97 Å². The second kappa shape index (κ2) is 7.24. The molecule has 1 aliphatic carbocycles. The van der Waals surface area contributed by atoms with Crippen molar-refractivity contribution in [2.75, 3.05) is 24.2 Å². The molecule has 2 rings (SSSR count). The second-order valence-corrected chi connectivity index (χ2v) is 5.48. The molecule has 1 aromatic heterocycles. The highest BCUT2D eigenvalue weighted by molar-refractivity contribution is 5.77. The van der Waals surface area contributed by atoms with Gasteiger partial charge in [0.05, 0.1) is 0 Å². The van der Waals surface area contributed by atoms with Gasteiger partial charge in [0, 0.05) is 38.0 Å². The van der Waals surface area contributed by atoms with Gasteiger partial charge in [0.25, 0.3) is 0 Å². The van der Waals surface area contributed by atoms with E-state index in [0.717, 1.165) is 48.7 Å². The van der Waals surface area contributed by atoms with Crippen LogP contribution in [-0.4, -0.2) is 35.5 Å². The number of carbonyl (C=O) groups excluding carboxylic acids is 1. The van der Waals surface area contributed by atoms with Gasteiger partial charge in [0.1, 0.15) is 17.5 Å². The van der Waals surface area contributed by atoms with E-state index in [2.05, 4.69) is 32.8 Å². The van der Waals surface area contributed by atoms with Crippen molar-refractivity contribution in [2.24, 2.45) is 0 Å². The largest absolute Gasteiger partial charge is 0.373 e. The van der Waals surface area contributed by atoms with Crippen LogP contribution in [0.1, 0.15) is 44.0 Å². The summed E-state index contributed by atoms with van der Waals surface area (Å²) in [5.74, 6) is 2.60. The number of aryl methyl sites for hydroxylation is 1. The lowest BCUT2D eigenvalue weighted by Crippen LogP contribution is -2.27. The molecule has 0 bridgehead atoms. The molecule has 0 saturated heterocycles. The molecule has 1 fully saturated rings. The Morgan fingerprint density at radius 1 is 1.29 bits per heavy atom. The van der Waals surface area contributed by atoms with Crippen LogP contribution in [0, 0.1) is 6.92 Å². The zero-order valence-corrected chi connectivity index (χ0v) is 13.1. The van der Waals surface area contributed by atoms with Gasteiger partial charge in [-0.1, -0.05) is 6.92 Å². The first-order valence-corrected chi connectivity index (χ1v) is 7.72. The Bertz CT molecular complexity index is 499. The molecule has 116 valence electrons. The number of nitrogens with zero attached hydrogens (tertiary/aromatic N) is 2. The van der Waals surface area contributed by atoms with Gasteiger partial charge < -0.3 is 16.0 Å². The Balaban J connectivity index is 1.93. The van der Waals surface area contributed by atoms with Gasteiger partial charge in [-0.15, -0.1) is 0 Å². The van der Waals surface area contributed by atoms with Crippen molar-refractivity contribution < 1.29 is 4.79 Å². The quantitative estimate of drug-likeness (QED) is 0.681.